The van der Waals surface area contributed by atoms with E-state index in [1.54, 1.807) is 0 Å². The van der Waals surface area contributed by atoms with Gasteiger partial charge in [0.1, 0.15) is 0 Å². The SMILES string of the molecule is C=C1CC\C=C/C(C)=C\C1=C\C(C)=C/C. The predicted molar refractivity (Wildman–Crippen MR) is 68.8 cm³/mol. The molecule has 0 atom stereocenters. The lowest BCUT2D eigenvalue weighted by Gasteiger charge is -2.10. The van der Waals surface area contributed by atoms with E-state index in [-0.39, 0.29) is 0 Å². The van der Waals surface area contributed by atoms with E-state index in [1.807, 2.05) is 0 Å². The van der Waals surface area contributed by atoms with Gasteiger partial charge < -0.3 is 0 Å². The highest BCUT2D eigenvalue weighted by atomic mass is 14.1. The lowest BCUT2D eigenvalue weighted by Crippen LogP contribution is -1.90. The Morgan fingerprint density at radius 3 is 2.87 bits per heavy atom. The van der Waals surface area contributed by atoms with E-state index < -0.39 is 0 Å². The molecule has 1 aliphatic rings. The molecule has 0 saturated carbocycles. The maximum atomic E-state index is 4.15. The second-order valence-electron chi connectivity index (χ2n) is 4.07. The molecule has 0 spiro atoms. The van der Waals surface area contributed by atoms with Crippen molar-refractivity contribution in [3.05, 3.63) is 59.3 Å². The van der Waals surface area contributed by atoms with Gasteiger partial charge in [0, 0.05) is 0 Å². The Hall–Kier alpha value is -1.30. The van der Waals surface area contributed by atoms with Crippen LogP contribution in [-0.2, 0) is 0 Å². The van der Waals surface area contributed by atoms with E-state index >= 15 is 0 Å². The number of rotatable bonds is 1. The first kappa shape index (κ1) is 11.8. The van der Waals surface area contributed by atoms with E-state index in [0.29, 0.717) is 0 Å². The van der Waals surface area contributed by atoms with Gasteiger partial charge in [-0.2, -0.15) is 0 Å². The van der Waals surface area contributed by atoms with Crippen molar-refractivity contribution in [2.75, 3.05) is 0 Å². The molecule has 0 nitrogen and oxygen atoms in total. The fraction of sp³-hybridized carbons (Fsp3) is 0.333. The standard InChI is InChI=1S/C15H20/c1-5-12(2)10-15-11-13(3)8-6-7-9-14(15)4/h5-6,8,10-11H,4,7,9H2,1-3H3/b8-6-,12-5-,13-11-,15-10-. The molecule has 15 heavy (non-hydrogen) atoms. The van der Waals surface area contributed by atoms with Crippen LogP contribution in [0.2, 0.25) is 0 Å². The predicted octanol–water partition coefficient (Wildman–Crippen LogP) is 4.73. The van der Waals surface area contributed by atoms with E-state index in [4.69, 9.17) is 0 Å². The average Bonchev–Trinajstić information content (AvgIpc) is 2.21. The molecule has 0 aliphatic heterocycles. The first-order valence-corrected chi connectivity index (χ1v) is 5.51. The Morgan fingerprint density at radius 1 is 1.47 bits per heavy atom. The molecule has 0 aromatic carbocycles. The van der Waals surface area contributed by atoms with Crippen molar-refractivity contribution in [1.82, 2.24) is 0 Å². The minimum Gasteiger partial charge on any atom is -0.0952 e. The Balaban J connectivity index is 3.06. The molecule has 1 aliphatic carbocycles. The quantitative estimate of drug-likeness (QED) is 0.574. The summed E-state index contributed by atoms with van der Waals surface area (Å²) in [6, 6.07) is 0. The summed E-state index contributed by atoms with van der Waals surface area (Å²) in [5, 5.41) is 0. The molecule has 0 N–H and O–H groups in total. The molecule has 0 heterocycles. The Morgan fingerprint density at radius 2 is 2.20 bits per heavy atom. The fourth-order valence-electron chi connectivity index (χ4n) is 1.54. The molecule has 0 aromatic heterocycles. The molecule has 0 amide bonds. The minimum absolute atomic E-state index is 1.06. The minimum atomic E-state index is 1.06. The Kier molecular flexibility index (Phi) is 4.36. The molecule has 0 unspecified atom stereocenters. The van der Waals surface area contributed by atoms with Crippen LogP contribution in [0.1, 0.15) is 33.6 Å². The van der Waals surface area contributed by atoms with Gasteiger partial charge in [-0.1, -0.05) is 48.1 Å². The summed E-state index contributed by atoms with van der Waals surface area (Å²) < 4.78 is 0. The summed E-state index contributed by atoms with van der Waals surface area (Å²) >= 11 is 0. The van der Waals surface area contributed by atoms with E-state index in [0.717, 1.165) is 12.8 Å². The lowest BCUT2D eigenvalue weighted by molar-refractivity contribution is 0.990. The highest BCUT2D eigenvalue weighted by molar-refractivity contribution is 5.46. The maximum Gasteiger partial charge on any atom is -0.0225 e. The van der Waals surface area contributed by atoms with E-state index in [9.17, 15) is 0 Å². The third-order valence-corrected chi connectivity index (χ3v) is 2.62. The van der Waals surface area contributed by atoms with Crippen LogP contribution < -0.4 is 0 Å². The van der Waals surface area contributed by atoms with Crippen molar-refractivity contribution in [2.45, 2.75) is 33.6 Å². The van der Waals surface area contributed by atoms with Crippen LogP contribution in [-0.4, -0.2) is 0 Å². The summed E-state index contributed by atoms with van der Waals surface area (Å²) in [6.07, 6.45) is 13.1. The van der Waals surface area contributed by atoms with Gasteiger partial charge in [-0.3, -0.25) is 0 Å². The van der Waals surface area contributed by atoms with Crippen LogP contribution in [0.5, 0.6) is 0 Å². The van der Waals surface area contributed by atoms with Crippen molar-refractivity contribution in [3.63, 3.8) is 0 Å². The maximum absolute atomic E-state index is 4.15. The third-order valence-electron chi connectivity index (χ3n) is 2.62. The largest absolute Gasteiger partial charge is 0.0952 e. The number of allylic oxidation sites excluding steroid dienone is 9. The average molecular weight is 200 g/mol. The molecule has 0 heteroatoms. The normalized spacial score (nSPS) is 26.9. The molecule has 0 aromatic rings. The summed E-state index contributed by atoms with van der Waals surface area (Å²) in [5.41, 5.74) is 5.10. The molecule has 0 fully saturated rings. The van der Waals surface area contributed by atoms with Crippen molar-refractivity contribution in [3.8, 4) is 0 Å². The fourth-order valence-corrected chi connectivity index (χ4v) is 1.54. The molecular weight excluding hydrogens is 180 g/mol. The molecule has 0 saturated heterocycles. The van der Waals surface area contributed by atoms with E-state index in [1.165, 1.54) is 22.3 Å². The van der Waals surface area contributed by atoms with Gasteiger partial charge in [-0.25, -0.2) is 0 Å². The highest BCUT2D eigenvalue weighted by Gasteiger charge is 2.02. The van der Waals surface area contributed by atoms with Crippen LogP contribution >= 0.6 is 0 Å². The molecular formula is C15H20. The Labute approximate surface area is 93.4 Å². The van der Waals surface area contributed by atoms with Gasteiger partial charge in [-0.15, -0.1) is 0 Å². The summed E-state index contributed by atoms with van der Waals surface area (Å²) in [4.78, 5) is 0. The van der Waals surface area contributed by atoms with Crippen molar-refractivity contribution < 1.29 is 0 Å². The van der Waals surface area contributed by atoms with Crippen LogP contribution in [0.3, 0.4) is 0 Å². The van der Waals surface area contributed by atoms with Gasteiger partial charge in [-0.05, 0) is 44.8 Å². The van der Waals surface area contributed by atoms with Crippen molar-refractivity contribution in [2.24, 2.45) is 0 Å². The summed E-state index contributed by atoms with van der Waals surface area (Å²) in [6.45, 7) is 10.5. The zero-order valence-corrected chi connectivity index (χ0v) is 10.0. The van der Waals surface area contributed by atoms with Gasteiger partial charge in [0.25, 0.3) is 0 Å². The lowest BCUT2D eigenvalue weighted by atomic mass is 9.96. The summed E-state index contributed by atoms with van der Waals surface area (Å²) in [5.74, 6) is 0. The molecule has 1 rings (SSSR count). The molecule has 0 bridgehead atoms. The van der Waals surface area contributed by atoms with Crippen LogP contribution in [0.4, 0.5) is 0 Å². The van der Waals surface area contributed by atoms with Gasteiger partial charge in [0.2, 0.25) is 0 Å². The first-order chi connectivity index (χ1) is 7.13. The van der Waals surface area contributed by atoms with E-state index in [2.05, 4.69) is 57.7 Å². The topological polar surface area (TPSA) is 0 Å². The van der Waals surface area contributed by atoms with Crippen LogP contribution in [0, 0.1) is 0 Å². The van der Waals surface area contributed by atoms with Crippen LogP contribution in [0.25, 0.3) is 0 Å². The number of hydrogen-bond donors (Lipinski definition) is 0. The smallest absolute Gasteiger partial charge is 0.0225 e. The monoisotopic (exact) mass is 200 g/mol. The Bertz CT molecular complexity index is 359. The van der Waals surface area contributed by atoms with Gasteiger partial charge >= 0.3 is 0 Å². The summed E-state index contributed by atoms with van der Waals surface area (Å²) in [7, 11) is 0. The van der Waals surface area contributed by atoms with Crippen molar-refractivity contribution in [1.29, 1.82) is 0 Å². The molecule has 0 radical (unpaired) electrons. The zero-order valence-electron chi connectivity index (χ0n) is 10.0. The first-order valence-electron chi connectivity index (χ1n) is 5.51. The van der Waals surface area contributed by atoms with Gasteiger partial charge in [0.05, 0.1) is 0 Å². The van der Waals surface area contributed by atoms with Crippen molar-refractivity contribution >= 4 is 0 Å². The zero-order chi connectivity index (χ0) is 11.3. The highest BCUT2D eigenvalue weighted by Crippen LogP contribution is 2.22. The van der Waals surface area contributed by atoms with Crippen LogP contribution in [0.15, 0.2) is 59.3 Å². The molecule has 80 valence electrons. The second kappa shape index (κ2) is 5.55. The number of hydrogen-bond acceptors (Lipinski definition) is 0. The third kappa shape index (κ3) is 3.75. The van der Waals surface area contributed by atoms with Gasteiger partial charge in [0.15, 0.2) is 0 Å². The second-order valence-corrected chi connectivity index (χ2v) is 4.07.